The van der Waals surface area contributed by atoms with Crippen molar-refractivity contribution in [2.45, 2.75) is 31.7 Å². The summed E-state index contributed by atoms with van der Waals surface area (Å²) in [5.41, 5.74) is 1.93. The molecule has 0 spiro atoms. The number of carbonyl (C=O) groups is 1. The Kier molecular flexibility index (Phi) is 7.12. The molecule has 7 nitrogen and oxygen atoms in total. The van der Waals surface area contributed by atoms with Crippen molar-refractivity contribution in [2.75, 3.05) is 32.9 Å². The Labute approximate surface area is 178 Å². The molecule has 1 saturated heterocycles. The fourth-order valence-corrected chi connectivity index (χ4v) is 4.89. The maximum Gasteiger partial charge on any atom is 0.251 e. The van der Waals surface area contributed by atoms with Gasteiger partial charge in [-0.1, -0.05) is 24.3 Å². The molecule has 1 N–H and O–H groups in total. The summed E-state index contributed by atoms with van der Waals surface area (Å²) in [6.45, 7) is 7.21. The standard InChI is InChI=1S/C22H28N2O5S/c1-16-6-4-5-7-20(16)29-15-18(3)23-22(25)19-9-8-17(2)21(14-19)30(26,27)24-10-12-28-13-11-24/h4-9,14,18H,10-13,15H2,1-3H3,(H,23,25)/t18-/m0/s1. The molecule has 0 aromatic heterocycles. The first-order chi connectivity index (χ1) is 14.3. The van der Waals surface area contributed by atoms with Crippen LogP contribution in [0.2, 0.25) is 0 Å². The van der Waals surface area contributed by atoms with E-state index >= 15 is 0 Å². The summed E-state index contributed by atoms with van der Waals surface area (Å²) >= 11 is 0. The number of amides is 1. The van der Waals surface area contributed by atoms with Crippen molar-refractivity contribution in [3.63, 3.8) is 0 Å². The first-order valence-corrected chi connectivity index (χ1v) is 11.4. The van der Waals surface area contributed by atoms with Gasteiger partial charge in [-0.2, -0.15) is 4.31 Å². The molecule has 1 aliphatic heterocycles. The van der Waals surface area contributed by atoms with E-state index in [4.69, 9.17) is 9.47 Å². The van der Waals surface area contributed by atoms with Gasteiger partial charge in [-0.25, -0.2) is 8.42 Å². The number of hydrogen-bond donors (Lipinski definition) is 1. The van der Waals surface area contributed by atoms with Gasteiger partial charge in [0.05, 0.1) is 24.2 Å². The molecule has 2 aromatic carbocycles. The van der Waals surface area contributed by atoms with E-state index in [1.165, 1.54) is 10.4 Å². The fourth-order valence-electron chi connectivity index (χ4n) is 3.23. The Bertz CT molecular complexity index is 1000. The number of nitrogens with one attached hydrogen (secondary N) is 1. The van der Waals surface area contributed by atoms with Gasteiger partial charge in [-0.15, -0.1) is 0 Å². The minimum Gasteiger partial charge on any atom is -0.491 e. The highest BCUT2D eigenvalue weighted by atomic mass is 32.2. The van der Waals surface area contributed by atoms with Crippen molar-refractivity contribution in [1.29, 1.82) is 0 Å². The average molecular weight is 433 g/mol. The Hall–Kier alpha value is -2.42. The minimum atomic E-state index is -3.68. The van der Waals surface area contributed by atoms with Crippen LogP contribution in [-0.4, -0.2) is 57.6 Å². The molecule has 30 heavy (non-hydrogen) atoms. The number of ether oxygens (including phenoxy) is 2. The van der Waals surface area contributed by atoms with Gasteiger partial charge < -0.3 is 14.8 Å². The summed E-state index contributed by atoms with van der Waals surface area (Å²) in [5.74, 6) is 0.433. The van der Waals surface area contributed by atoms with Crippen molar-refractivity contribution >= 4 is 15.9 Å². The number of rotatable bonds is 7. The third kappa shape index (κ3) is 5.19. The van der Waals surface area contributed by atoms with Crippen molar-refractivity contribution in [2.24, 2.45) is 0 Å². The van der Waals surface area contributed by atoms with Crippen LogP contribution >= 0.6 is 0 Å². The van der Waals surface area contributed by atoms with Crippen LogP contribution in [0.3, 0.4) is 0 Å². The highest BCUT2D eigenvalue weighted by Gasteiger charge is 2.28. The highest BCUT2D eigenvalue weighted by Crippen LogP contribution is 2.22. The van der Waals surface area contributed by atoms with Gasteiger partial charge in [0, 0.05) is 18.7 Å². The Morgan fingerprint density at radius 3 is 2.53 bits per heavy atom. The third-order valence-corrected chi connectivity index (χ3v) is 7.04. The quantitative estimate of drug-likeness (QED) is 0.727. The monoisotopic (exact) mass is 432 g/mol. The predicted molar refractivity (Wildman–Crippen MR) is 114 cm³/mol. The molecule has 0 saturated carbocycles. The van der Waals surface area contributed by atoms with Crippen LogP contribution < -0.4 is 10.1 Å². The zero-order valence-electron chi connectivity index (χ0n) is 17.6. The van der Waals surface area contributed by atoms with Crippen LogP contribution in [0.15, 0.2) is 47.4 Å². The lowest BCUT2D eigenvalue weighted by Crippen LogP contribution is -2.41. The summed E-state index contributed by atoms with van der Waals surface area (Å²) in [4.78, 5) is 12.9. The molecule has 1 atom stereocenters. The summed E-state index contributed by atoms with van der Waals surface area (Å²) in [6, 6.07) is 12.2. The molecule has 3 rings (SSSR count). The second-order valence-electron chi connectivity index (χ2n) is 7.45. The van der Waals surface area contributed by atoms with E-state index in [-0.39, 0.29) is 16.8 Å². The van der Waals surface area contributed by atoms with Crippen molar-refractivity contribution in [1.82, 2.24) is 9.62 Å². The lowest BCUT2D eigenvalue weighted by Gasteiger charge is -2.26. The smallest absolute Gasteiger partial charge is 0.251 e. The number of sulfonamides is 1. The molecule has 1 heterocycles. The van der Waals surface area contributed by atoms with E-state index in [0.717, 1.165) is 11.3 Å². The van der Waals surface area contributed by atoms with E-state index in [1.807, 2.05) is 38.1 Å². The van der Waals surface area contributed by atoms with Crippen LogP contribution in [0.4, 0.5) is 0 Å². The van der Waals surface area contributed by atoms with E-state index in [9.17, 15) is 13.2 Å². The third-order valence-electron chi connectivity index (χ3n) is 5.00. The van der Waals surface area contributed by atoms with Crippen LogP contribution in [-0.2, 0) is 14.8 Å². The van der Waals surface area contributed by atoms with Crippen molar-refractivity contribution in [3.8, 4) is 5.75 Å². The Morgan fingerprint density at radius 1 is 1.13 bits per heavy atom. The lowest BCUT2D eigenvalue weighted by molar-refractivity contribution is 0.0730. The molecule has 8 heteroatoms. The van der Waals surface area contributed by atoms with E-state index < -0.39 is 10.0 Å². The van der Waals surface area contributed by atoms with Gasteiger partial charge in [0.25, 0.3) is 5.91 Å². The van der Waals surface area contributed by atoms with Crippen LogP contribution in [0.5, 0.6) is 5.75 Å². The number of morpholine rings is 1. The molecule has 0 unspecified atom stereocenters. The lowest BCUT2D eigenvalue weighted by atomic mass is 10.1. The average Bonchev–Trinajstić information content (AvgIpc) is 2.74. The van der Waals surface area contributed by atoms with Crippen LogP contribution in [0, 0.1) is 13.8 Å². The molecule has 0 bridgehead atoms. The van der Waals surface area contributed by atoms with E-state index in [2.05, 4.69) is 5.32 Å². The van der Waals surface area contributed by atoms with Gasteiger partial charge >= 0.3 is 0 Å². The molecule has 0 aliphatic carbocycles. The van der Waals surface area contributed by atoms with Crippen molar-refractivity contribution in [3.05, 3.63) is 59.2 Å². The summed E-state index contributed by atoms with van der Waals surface area (Å²) in [5, 5.41) is 2.87. The normalized spacial score (nSPS) is 16.1. The van der Waals surface area contributed by atoms with E-state index in [1.54, 1.807) is 19.1 Å². The molecule has 1 aliphatic rings. The number of nitrogens with zero attached hydrogens (tertiary/aromatic N) is 1. The summed E-state index contributed by atoms with van der Waals surface area (Å²) in [7, 11) is -3.68. The van der Waals surface area contributed by atoms with Gasteiger partial charge in [0.2, 0.25) is 10.0 Å². The summed E-state index contributed by atoms with van der Waals surface area (Å²) in [6.07, 6.45) is 0. The number of hydrogen-bond acceptors (Lipinski definition) is 5. The number of aryl methyl sites for hydroxylation is 2. The summed E-state index contributed by atoms with van der Waals surface area (Å²) < 4.78 is 38.5. The predicted octanol–water partition coefficient (Wildman–Crippen LogP) is 2.52. The molecule has 162 valence electrons. The molecule has 1 fully saturated rings. The number of benzene rings is 2. The molecular formula is C22H28N2O5S. The van der Waals surface area contributed by atoms with Gasteiger partial charge in [0.15, 0.2) is 0 Å². The first-order valence-electron chi connectivity index (χ1n) is 9.97. The highest BCUT2D eigenvalue weighted by molar-refractivity contribution is 7.89. The molecular weight excluding hydrogens is 404 g/mol. The zero-order valence-corrected chi connectivity index (χ0v) is 18.4. The largest absolute Gasteiger partial charge is 0.491 e. The molecule has 1 amide bonds. The minimum absolute atomic E-state index is 0.154. The second-order valence-corrected chi connectivity index (χ2v) is 9.35. The maximum atomic E-state index is 13.0. The Balaban J connectivity index is 1.69. The van der Waals surface area contributed by atoms with Gasteiger partial charge in [-0.05, 0) is 50.1 Å². The molecule has 2 aromatic rings. The zero-order chi connectivity index (χ0) is 21.7. The van der Waals surface area contributed by atoms with E-state index in [0.29, 0.717) is 44.0 Å². The SMILES string of the molecule is Cc1ccccc1OC[C@H](C)NC(=O)c1ccc(C)c(S(=O)(=O)N2CCOCC2)c1. The van der Waals surface area contributed by atoms with Crippen LogP contribution in [0.25, 0.3) is 0 Å². The maximum absolute atomic E-state index is 13.0. The van der Waals surface area contributed by atoms with Gasteiger partial charge in [0.1, 0.15) is 12.4 Å². The Morgan fingerprint density at radius 2 is 1.83 bits per heavy atom. The topological polar surface area (TPSA) is 84.9 Å². The molecule has 0 radical (unpaired) electrons. The number of para-hydroxylation sites is 1. The first kappa shape index (κ1) is 22.3. The van der Waals surface area contributed by atoms with Gasteiger partial charge in [-0.3, -0.25) is 4.79 Å². The van der Waals surface area contributed by atoms with Crippen molar-refractivity contribution < 1.29 is 22.7 Å². The fraction of sp³-hybridized carbons (Fsp3) is 0.409. The van der Waals surface area contributed by atoms with Crippen LogP contribution in [0.1, 0.15) is 28.4 Å². The number of carbonyl (C=O) groups excluding carboxylic acids is 1. The second kappa shape index (κ2) is 9.59.